The van der Waals surface area contributed by atoms with Gasteiger partial charge in [-0.2, -0.15) is 5.10 Å². The minimum absolute atomic E-state index is 0.437. The molecule has 17 heavy (non-hydrogen) atoms. The van der Waals surface area contributed by atoms with Gasteiger partial charge in [-0.15, -0.1) is 11.6 Å². The quantitative estimate of drug-likeness (QED) is 0.775. The van der Waals surface area contributed by atoms with E-state index in [9.17, 15) is 0 Å². The average molecular weight is 252 g/mol. The molecule has 0 fully saturated rings. The van der Waals surface area contributed by atoms with Crippen molar-refractivity contribution in [2.24, 2.45) is 7.05 Å². The summed E-state index contributed by atoms with van der Waals surface area (Å²) < 4.78 is 1.78. The Hall–Kier alpha value is -1.62. The minimum Gasteiger partial charge on any atom is -0.339 e. The summed E-state index contributed by atoms with van der Waals surface area (Å²) in [6.07, 6.45) is 7.30. The Balaban J connectivity index is 2.06. The number of aryl methyl sites for hydroxylation is 1. The van der Waals surface area contributed by atoms with E-state index >= 15 is 0 Å². The number of alkyl halides is 1. The molecular formula is C11H14ClN5. The topological polar surface area (TPSA) is 46.8 Å². The fourth-order valence-electron chi connectivity index (χ4n) is 1.51. The maximum Gasteiger partial charge on any atom is 0.225 e. The Morgan fingerprint density at radius 3 is 2.47 bits per heavy atom. The fraction of sp³-hybridized carbons (Fsp3) is 0.364. The monoisotopic (exact) mass is 251 g/mol. The van der Waals surface area contributed by atoms with Crippen LogP contribution >= 0.6 is 11.6 Å². The summed E-state index contributed by atoms with van der Waals surface area (Å²) >= 11 is 5.69. The van der Waals surface area contributed by atoms with Crippen molar-refractivity contribution >= 4 is 17.5 Å². The Kier molecular flexibility index (Phi) is 3.58. The van der Waals surface area contributed by atoms with Crippen LogP contribution in [0.3, 0.4) is 0 Å². The molecule has 0 aliphatic carbocycles. The summed E-state index contributed by atoms with van der Waals surface area (Å²) in [5.74, 6) is 1.12. The van der Waals surface area contributed by atoms with E-state index in [0.29, 0.717) is 11.8 Å². The molecule has 2 heterocycles. The Bertz CT molecular complexity index is 479. The van der Waals surface area contributed by atoms with Crippen molar-refractivity contribution in [3.63, 3.8) is 0 Å². The van der Waals surface area contributed by atoms with Crippen molar-refractivity contribution in [2.75, 3.05) is 11.9 Å². The SMILES string of the molecule is CN(Cc1cnn(C)c1)c1ncc(CCl)cn1. The minimum atomic E-state index is 0.437. The molecule has 5 nitrogen and oxygen atoms in total. The molecule has 2 rings (SSSR count). The summed E-state index contributed by atoms with van der Waals surface area (Å²) in [5, 5.41) is 4.12. The van der Waals surface area contributed by atoms with Crippen LogP contribution in [0.1, 0.15) is 11.1 Å². The molecular weight excluding hydrogens is 238 g/mol. The molecule has 0 amide bonds. The maximum atomic E-state index is 5.69. The number of hydrogen-bond acceptors (Lipinski definition) is 4. The molecule has 2 aromatic rings. The van der Waals surface area contributed by atoms with Gasteiger partial charge in [-0.05, 0) is 0 Å². The van der Waals surface area contributed by atoms with E-state index in [1.807, 2.05) is 31.4 Å². The highest BCUT2D eigenvalue weighted by molar-refractivity contribution is 6.17. The number of halogens is 1. The molecule has 0 radical (unpaired) electrons. The lowest BCUT2D eigenvalue weighted by atomic mass is 10.3. The zero-order valence-corrected chi connectivity index (χ0v) is 10.6. The highest BCUT2D eigenvalue weighted by Crippen LogP contribution is 2.10. The van der Waals surface area contributed by atoms with Crippen LogP contribution in [0.15, 0.2) is 24.8 Å². The number of hydrogen-bond donors (Lipinski definition) is 0. The molecule has 0 N–H and O–H groups in total. The molecule has 90 valence electrons. The second-order valence-electron chi connectivity index (χ2n) is 3.90. The van der Waals surface area contributed by atoms with E-state index < -0.39 is 0 Å². The van der Waals surface area contributed by atoms with Crippen molar-refractivity contribution < 1.29 is 0 Å². The van der Waals surface area contributed by atoms with Crippen LogP contribution in [0.25, 0.3) is 0 Å². The normalized spacial score (nSPS) is 10.5. The van der Waals surface area contributed by atoms with Crippen LogP contribution in [0.2, 0.25) is 0 Å². The largest absolute Gasteiger partial charge is 0.339 e. The van der Waals surface area contributed by atoms with Gasteiger partial charge in [0.2, 0.25) is 5.95 Å². The first-order valence-corrected chi connectivity index (χ1v) is 5.78. The first-order valence-electron chi connectivity index (χ1n) is 5.24. The molecule has 6 heteroatoms. The van der Waals surface area contributed by atoms with Crippen LogP contribution in [0.5, 0.6) is 0 Å². The van der Waals surface area contributed by atoms with Crippen molar-refractivity contribution in [1.29, 1.82) is 0 Å². The van der Waals surface area contributed by atoms with E-state index in [4.69, 9.17) is 11.6 Å². The predicted molar refractivity (Wildman–Crippen MR) is 66.9 cm³/mol. The molecule has 0 aliphatic heterocycles. The Labute approximate surface area is 105 Å². The lowest BCUT2D eigenvalue weighted by Gasteiger charge is -2.15. The zero-order valence-electron chi connectivity index (χ0n) is 9.84. The van der Waals surface area contributed by atoms with E-state index in [0.717, 1.165) is 17.7 Å². The first-order chi connectivity index (χ1) is 8.19. The van der Waals surface area contributed by atoms with Crippen molar-refractivity contribution in [1.82, 2.24) is 19.7 Å². The number of nitrogens with zero attached hydrogens (tertiary/aromatic N) is 5. The van der Waals surface area contributed by atoms with Gasteiger partial charge in [0.1, 0.15) is 0 Å². The maximum absolute atomic E-state index is 5.69. The highest BCUT2D eigenvalue weighted by Gasteiger charge is 2.06. The third kappa shape index (κ3) is 2.94. The summed E-state index contributed by atoms with van der Waals surface area (Å²) in [5.41, 5.74) is 2.05. The lowest BCUT2D eigenvalue weighted by Crippen LogP contribution is -2.18. The van der Waals surface area contributed by atoms with Crippen molar-refractivity contribution in [3.8, 4) is 0 Å². The summed E-state index contributed by atoms with van der Waals surface area (Å²) in [7, 11) is 3.85. The smallest absolute Gasteiger partial charge is 0.225 e. The second kappa shape index (κ2) is 5.14. The van der Waals surface area contributed by atoms with Gasteiger partial charge < -0.3 is 4.90 Å². The number of rotatable bonds is 4. The summed E-state index contributed by atoms with van der Waals surface area (Å²) in [6, 6.07) is 0. The average Bonchev–Trinajstić information content (AvgIpc) is 2.75. The van der Waals surface area contributed by atoms with E-state index in [1.165, 1.54) is 0 Å². The fourth-order valence-corrected chi connectivity index (χ4v) is 1.65. The molecule has 0 saturated heterocycles. The molecule has 0 unspecified atom stereocenters. The second-order valence-corrected chi connectivity index (χ2v) is 4.17. The van der Waals surface area contributed by atoms with Crippen LogP contribution < -0.4 is 4.90 Å². The van der Waals surface area contributed by atoms with Crippen LogP contribution in [-0.2, 0) is 19.5 Å². The van der Waals surface area contributed by atoms with E-state index in [2.05, 4.69) is 15.1 Å². The highest BCUT2D eigenvalue weighted by atomic mass is 35.5. The van der Waals surface area contributed by atoms with Gasteiger partial charge in [0.25, 0.3) is 0 Å². The Morgan fingerprint density at radius 2 is 1.94 bits per heavy atom. The van der Waals surface area contributed by atoms with Gasteiger partial charge in [-0.25, -0.2) is 9.97 Å². The number of anilines is 1. The molecule has 0 spiro atoms. The predicted octanol–water partition coefficient (Wildman–Crippen LogP) is 1.59. The lowest BCUT2D eigenvalue weighted by molar-refractivity contribution is 0.766. The summed E-state index contributed by atoms with van der Waals surface area (Å²) in [4.78, 5) is 10.5. The van der Waals surface area contributed by atoms with Crippen LogP contribution in [0.4, 0.5) is 5.95 Å². The Morgan fingerprint density at radius 1 is 1.24 bits per heavy atom. The van der Waals surface area contributed by atoms with Gasteiger partial charge in [0, 0.05) is 50.4 Å². The third-order valence-electron chi connectivity index (χ3n) is 2.37. The van der Waals surface area contributed by atoms with E-state index in [1.54, 1.807) is 17.1 Å². The molecule has 0 aromatic carbocycles. The molecule has 0 saturated carbocycles. The van der Waals surface area contributed by atoms with Gasteiger partial charge in [0.05, 0.1) is 12.1 Å². The van der Waals surface area contributed by atoms with Gasteiger partial charge in [-0.1, -0.05) is 0 Å². The first kappa shape index (κ1) is 11.9. The summed E-state index contributed by atoms with van der Waals surface area (Å²) in [6.45, 7) is 0.730. The van der Waals surface area contributed by atoms with Gasteiger partial charge in [-0.3, -0.25) is 4.68 Å². The standard InChI is InChI=1S/C11H14ClN5/c1-16(7-10-6-15-17(2)8-10)11-13-4-9(3-12)5-14-11/h4-6,8H,3,7H2,1-2H3. The van der Waals surface area contributed by atoms with Gasteiger partial charge >= 0.3 is 0 Å². The third-order valence-corrected chi connectivity index (χ3v) is 2.67. The number of aromatic nitrogens is 4. The van der Waals surface area contributed by atoms with Crippen molar-refractivity contribution in [2.45, 2.75) is 12.4 Å². The van der Waals surface area contributed by atoms with Gasteiger partial charge in [0.15, 0.2) is 0 Å². The van der Waals surface area contributed by atoms with E-state index in [-0.39, 0.29) is 0 Å². The zero-order chi connectivity index (χ0) is 12.3. The van der Waals surface area contributed by atoms with Crippen LogP contribution in [-0.4, -0.2) is 26.8 Å². The van der Waals surface area contributed by atoms with Crippen LogP contribution in [0, 0.1) is 0 Å². The molecule has 0 atom stereocenters. The van der Waals surface area contributed by atoms with Crippen molar-refractivity contribution in [3.05, 3.63) is 35.9 Å². The molecule has 2 aromatic heterocycles. The molecule has 0 bridgehead atoms. The molecule has 0 aliphatic rings.